The molecule has 6 nitrogen and oxygen atoms in total. The van der Waals surface area contributed by atoms with E-state index in [-0.39, 0.29) is 17.7 Å². The molecule has 1 unspecified atom stereocenters. The first kappa shape index (κ1) is 15.8. The number of Topliss-reactive ketones (excluding diaryl/α,β-unsaturated/α-hetero) is 1. The van der Waals surface area contributed by atoms with Crippen LogP contribution in [-0.4, -0.2) is 41.6 Å². The van der Waals surface area contributed by atoms with Crippen molar-refractivity contribution in [2.75, 3.05) is 13.2 Å². The molecule has 1 aromatic rings. The minimum Gasteiger partial charge on any atom is -0.465 e. The van der Waals surface area contributed by atoms with Crippen molar-refractivity contribution < 1.29 is 28.3 Å². The quantitative estimate of drug-likeness (QED) is 0.464. The van der Waals surface area contributed by atoms with E-state index in [1.807, 2.05) is 0 Å². The van der Waals surface area contributed by atoms with Gasteiger partial charge in [-0.05, 0) is 32.0 Å². The van der Waals surface area contributed by atoms with Crippen molar-refractivity contribution >= 4 is 23.6 Å². The number of ether oxygens (including phenoxy) is 1. The zero-order valence-corrected chi connectivity index (χ0v) is 12.1. The first-order valence-electron chi connectivity index (χ1n) is 6.69. The summed E-state index contributed by atoms with van der Waals surface area (Å²) < 4.78 is 18.0. The summed E-state index contributed by atoms with van der Waals surface area (Å²) in [5.74, 6) is -4.58. The Morgan fingerprint density at radius 2 is 1.86 bits per heavy atom. The van der Waals surface area contributed by atoms with Crippen LogP contribution in [0, 0.1) is 11.7 Å². The van der Waals surface area contributed by atoms with Crippen LogP contribution in [0.5, 0.6) is 0 Å². The van der Waals surface area contributed by atoms with Gasteiger partial charge in [-0.25, -0.2) is 4.39 Å². The first-order valence-corrected chi connectivity index (χ1v) is 6.69. The normalized spacial score (nSPS) is 14.8. The third kappa shape index (κ3) is 2.74. The molecule has 0 saturated heterocycles. The molecule has 116 valence electrons. The fraction of sp³-hybridized carbons (Fsp3) is 0.333. The summed E-state index contributed by atoms with van der Waals surface area (Å²) in [7, 11) is 0. The number of rotatable bonds is 5. The number of esters is 1. The molecule has 0 aromatic heterocycles. The third-order valence-electron chi connectivity index (χ3n) is 3.36. The van der Waals surface area contributed by atoms with Crippen LogP contribution in [0.25, 0.3) is 0 Å². The van der Waals surface area contributed by atoms with Crippen molar-refractivity contribution in [3.05, 3.63) is 35.1 Å². The molecule has 2 rings (SSSR count). The lowest BCUT2D eigenvalue weighted by atomic mass is 10.1. The van der Waals surface area contributed by atoms with Crippen LogP contribution in [-0.2, 0) is 14.3 Å². The molecule has 0 fully saturated rings. The number of ketones is 1. The van der Waals surface area contributed by atoms with E-state index in [4.69, 9.17) is 4.74 Å². The fourth-order valence-corrected chi connectivity index (χ4v) is 2.22. The monoisotopic (exact) mass is 307 g/mol. The minimum absolute atomic E-state index is 0.0533. The van der Waals surface area contributed by atoms with E-state index in [1.165, 1.54) is 13.0 Å². The Bertz CT molecular complexity index is 670. The summed E-state index contributed by atoms with van der Waals surface area (Å²) in [6.45, 7) is 2.43. The largest absolute Gasteiger partial charge is 0.465 e. The second-order valence-electron chi connectivity index (χ2n) is 4.83. The Balaban J connectivity index is 2.27. The summed E-state index contributed by atoms with van der Waals surface area (Å²) in [6.07, 6.45) is 0. The van der Waals surface area contributed by atoms with E-state index in [9.17, 15) is 23.6 Å². The smallest absolute Gasteiger partial charge is 0.318 e. The van der Waals surface area contributed by atoms with E-state index in [0.29, 0.717) is 0 Å². The molecule has 0 N–H and O–H groups in total. The van der Waals surface area contributed by atoms with Gasteiger partial charge in [0.1, 0.15) is 17.5 Å². The van der Waals surface area contributed by atoms with Crippen molar-refractivity contribution in [1.82, 2.24) is 4.90 Å². The average molecular weight is 307 g/mol. The van der Waals surface area contributed by atoms with Crippen molar-refractivity contribution in [2.45, 2.75) is 13.8 Å². The number of imide groups is 1. The SMILES string of the molecule is CCOC(=O)C(CN1C(=O)c2ccc(F)cc2C1=O)C(C)=O. The summed E-state index contributed by atoms with van der Waals surface area (Å²) >= 11 is 0. The van der Waals surface area contributed by atoms with Gasteiger partial charge in [-0.3, -0.25) is 24.1 Å². The molecule has 1 aliphatic heterocycles. The van der Waals surface area contributed by atoms with Crippen LogP contribution in [0.4, 0.5) is 4.39 Å². The standard InChI is InChI=1S/C15H14FNO5/c1-3-22-15(21)12(8(2)18)7-17-13(19)10-5-4-9(16)6-11(10)14(17)20/h4-6,12H,3,7H2,1-2H3. The molecule has 0 bridgehead atoms. The molecule has 22 heavy (non-hydrogen) atoms. The van der Waals surface area contributed by atoms with Gasteiger partial charge < -0.3 is 4.74 Å². The zero-order chi connectivity index (χ0) is 16.4. The summed E-state index contributed by atoms with van der Waals surface area (Å²) in [5.41, 5.74) is -0.0197. The topological polar surface area (TPSA) is 80.8 Å². The van der Waals surface area contributed by atoms with Crippen molar-refractivity contribution in [3.63, 3.8) is 0 Å². The predicted molar refractivity (Wildman–Crippen MR) is 72.6 cm³/mol. The molecule has 1 atom stereocenters. The molecule has 1 heterocycles. The molecule has 0 radical (unpaired) electrons. The Hall–Kier alpha value is -2.57. The highest BCUT2D eigenvalue weighted by atomic mass is 19.1. The maximum absolute atomic E-state index is 13.2. The maximum Gasteiger partial charge on any atom is 0.318 e. The highest BCUT2D eigenvalue weighted by Crippen LogP contribution is 2.24. The van der Waals surface area contributed by atoms with E-state index in [1.54, 1.807) is 6.92 Å². The van der Waals surface area contributed by atoms with Crippen LogP contribution >= 0.6 is 0 Å². The molecular weight excluding hydrogens is 293 g/mol. The van der Waals surface area contributed by atoms with Gasteiger partial charge in [0.25, 0.3) is 11.8 Å². The van der Waals surface area contributed by atoms with Gasteiger partial charge in [-0.2, -0.15) is 0 Å². The minimum atomic E-state index is -1.24. The fourth-order valence-electron chi connectivity index (χ4n) is 2.22. The molecule has 7 heteroatoms. The van der Waals surface area contributed by atoms with Crippen LogP contribution in [0.15, 0.2) is 18.2 Å². The predicted octanol–water partition coefficient (Wildman–Crippen LogP) is 1.19. The van der Waals surface area contributed by atoms with Crippen LogP contribution in [0.3, 0.4) is 0 Å². The van der Waals surface area contributed by atoms with E-state index < -0.39 is 41.8 Å². The molecule has 0 spiro atoms. The lowest BCUT2D eigenvalue weighted by Gasteiger charge is -2.19. The van der Waals surface area contributed by atoms with Crippen LogP contribution < -0.4 is 0 Å². The van der Waals surface area contributed by atoms with Gasteiger partial charge >= 0.3 is 5.97 Å². The number of carbonyl (C=O) groups excluding carboxylic acids is 4. The number of hydrogen-bond acceptors (Lipinski definition) is 5. The second kappa shape index (κ2) is 6.05. The Morgan fingerprint density at radius 3 is 2.45 bits per heavy atom. The molecule has 0 saturated carbocycles. The summed E-state index contributed by atoms with van der Waals surface area (Å²) in [4.78, 5) is 48.5. The highest BCUT2D eigenvalue weighted by molar-refractivity contribution is 6.21. The molecule has 0 aliphatic carbocycles. The number of hydrogen-bond donors (Lipinski definition) is 0. The molecule has 1 aliphatic rings. The van der Waals surface area contributed by atoms with E-state index in [0.717, 1.165) is 17.0 Å². The van der Waals surface area contributed by atoms with E-state index >= 15 is 0 Å². The van der Waals surface area contributed by atoms with Crippen LogP contribution in [0.1, 0.15) is 34.6 Å². The Morgan fingerprint density at radius 1 is 1.23 bits per heavy atom. The van der Waals surface area contributed by atoms with E-state index in [2.05, 4.69) is 0 Å². The lowest BCUT2D eigenvalue weighted by molar-refractivity contribution is -0.151. The number of halogens is 1. The number of amides is 2. The van der Waals surface area contributed by atoms with Crippen molar-refractivity contribution in [3.8, 4) is 0 Å². The Labute approximate surface area is 125 Å². The van der Waals surface area contributed by atoms with Gasteiger partial charge in [0.05, 0.1) is 17.7 Å². The third-order valence-corrected chi connectivity index (χ3v) is 3.36. The average Bonchev–Trinajstić information content (AvgIpc) is 2.68. The molecule has 1 aromatic carbocycles. The number of benzene rings is 1. The highest BCUT2D eigenvalue weighted by Gasteiger charge is 2.39. The molecular formula is C15H14FNO5. The number of nitrogens with zero attached hydrogens (tertiary/aromatic N) is 1. The van der Waals surface area contributed by atoms with Crippen molar-refractivity contribution in [1.29, 1.82) is 0 Å². The van der Waals surface area contributed by atoms with Gasteiger partial charge in [0.15, 0.2) is 0 Å². The van der Waals surface area contributed by atoms with Gasteiger partial charge in [0.2, 0.25) is 0 Å². The Kier molecular flexibility index (Phi) is 4.35. The van der Waals surface area contributed by atoms with Crippen LogP contribution in [0.2, 0.25) is 0 Å². The number of fused-ring (bicyclic) bond motifs is 1. The van der Waals surface area contributed by atoms with Gasteiger partial charge in [0, 0.05) is 6.54 Å². The lowest BCUT2D eigenvalue weighted by Crippen LogP contribution is -2.40. The summed E-state index contributed by atoms with van der Waals surface area (Å²) in [5, 5.41) is 0. The number of carbonyl (C=O) groups is 4. The van der Waals surface area contributed by atoms with Crippen molar-refractivity contribution in [2.24, 2.45) is 5.92 Å². The first-order chi connectivity index (χ1) is 10.4. The van der Waals surface area contributed by atoms with Gasteiger partial charge in [-0.15, -0.1) is 0 Å². The second-order valence-corrected chi connectivity index (χ2v) is 4.83. The zero-order valence-electron chi connectivity index (χ0n) is 12.1. The van der Waals surface area contributed by atoms with Gasteiger partial charge in [-0.1, -0.05) is 0 Å². The maximum atomic E-state index is 13.2. The molecule has 2 amide bonds. The summed E-state index contributed by atoms with van der Waals surface area (Å²) in [6, 6.07) is 3.24.